The van der Waals surface area contributed by atoms with E-state index >= 15 is 4.39 Å². The first-order valence-corrected chi connectivity index (χ1v) is 11.7. The normalized spacial score (nSPS) is 18.2. The van der Waals surface area contributed by atoms with E-state index in [4.69, 9.17) is 4.74 Å². The van der Waals surface area contributed by atoms with Crippen LogP contribution in [0.2, 0.25) is 0 Å². The van der Waals surface area contributed by atoms with Gasteiger partial charge in [0.1, 0.15) is 17.5 Å². The predicted octanol–water partition coefficient (Wildman–Crippen LogP) is 3.84. The molecule has 0 saturated carbocycles. The SMILES string of the molecule is COc1nc(N[C@H]2CCN(C(C)=O)C[C@H]2F)nn2cc(F)c(-c3ccc4nc(C)n(CC(F)F)c4c3)c12. The molecular formula is C24H25F4N7O2. The third-order valence-electron chi connectivity index (χ3n) is 6.60. The maximum Gasteiger partial charge on any atom is 0.256 e. The summed E-state index contributed by atoms with van der Waals surface area (Å²) in [6, 6.07) is 4.24. The lowest BCUT2D eigenvalue weighted by Crippen LogP contribution is -2.49. The fraction of sp³-hybridized carbons (Fsp3) is 0.417. The zero-order valence-electron chi connectivity index (χ0n) is 20.4. The fourth-order valence-corrected chi connectivity index (χ4v) is 4.79. The zero-order chi connectivity index (χ0) is 26.4. The number of carbonyl (C=O) groups is 1. The van der Waals surface area contributed by atoms with Crippen LogP contribution >= 0.6 is 0 Å². The number of likely N-dealkylation sites (tertiary alicyclic amines) is 1. The number of benzene rings is 1. The van der Waals surface area contributed by atoms with Gasteiger partial charge in [-0.3, -0.25) is 4.79 Å². The monoisotopic (exact) mass is 519 g/mol. The molecule has 0 radical (unpaired) electrons. The van der Waals surface area contributed by atoms with Crippen LogP contribution in [0.4, 0.5) is 23.5 Å². The molecular weight excluding hydrogens is 494 g/mol. The van der Waals surface area contributed by atoms with Crippen LogP contribution in [0.5, 0.6) is 5.88 Å². The van der Waals surface area contributed by atoms with Crippen molar-refractivity contribution >= 4 is 28.4 Å². The molecule has 0 bridgehead atoms. The number of aryl methyl sites for hydroxylation is 1. The third-order valence-corrected chi connectivity index (χ3v) is 6.60. The largest absolute Gasteiger partial charge is 0.479 e. The van der Waals surface area contributed by atoms with Gasteiger partial charge < -0.3 is 19.5 Å². The molecule has 1 aliphatic rings. The number of nitrogens with one attached hydrogen (secondary N) is 1. The Morgan fingerprint density at radius 2 is 2.08 bits per heavy atom. The summed E-state index contributed by atoms with van der Waals surface area (Å²) in [6.45, 7) is 2.84. The average Bonchev–Trinajstić information content (AvgIpc) is 3.34. The minimum absolute atomic E-state index is 0.0379. The molecule has 196 valence electrons. The summed E-state index contributed by atoms with van der Waals surface area (Å²) >= 11 is 0. The van der Waals surface area contributed by atoms with Crippen LogP contribution in [-0.2, 0) is 11.3 Å². The molecule has 1 saturated heterocycles. The number of hydrogen-bond acceptors (Lipinski definition) is 6. The summed E-state index contributed by atoms with van der Waals surface area (Å²) in [4.78, 5) is 21.6. The van der Waals surface area contributed by atoms with Gasteiger partial charge in [-0.05, 0) is 31.0 Å². The molecule has 2 atom stereocenters. The second-order valence-electron chi connectivity index (χ2n) is 8.97. The highest BCUT2D eigenvalue weighted by atomic mass is 19.3. The number of nitrogens with zero attached hydrogens (tertiary/aromatic N) is 6. The highest BCUT2D eigenvalue weighted by molar-refractivity contribution is 5.90. The average molecular weight is 520 g/mol. The van der Waals surface area contributed by atoms with Crippen LogP contribution in [0.15, 0.2) is 24.4 Å². The van der Waals surface area contributed by atoms with Crippen molar-refractivity contribution in [1.29, 1.82) is 0 Å². The number of aromatic nitrogens is 5. The van der Waals surface area contributed by atoms with Crippen LogP contribution in [0.1, 0.15) is 19.2 Å². The van der Waals surface area contributed by atoms with Crippen molar-refractivity contribution < 1.29 is 27.1 Å². The Morgan fingerprint density at radius 3 is 2.76 bits per heavy atom. The van der Waals surface area contributed by atoms with Gasteiger partial charge in [-0.1, -0.05) is 6.07 Å². The number of piperidine rings is 1. The van der Waals surface area contributed by atoms with E-state index in [9.17, 15) is 18.0 Å². The van der Waals surface area contributed by atoms with Crippen molar-refractivity contribution in [2.45, 2.75) is 45.5 Å². The summed E-state index contributed by atoms with van der Waals surface area (Å²) in [5, 5.41) is 7.24. The summed E-state index contributed by atoms with van der Waals surface area (Å²) < 4.78 is 64.4. The van der Waals surface area contributed by atoms with Crippen LogP contribution in [0.25, 0.3) is 27.7 Å². The van der Waals surface area contributed by atoms with Gasteiger partial charge in [-0.15, -0.1) is 5.10 Å². The zero-order valence-corrected chi connectivity index (χ0v) is 20.4. The highest BCUT2D eigenvalue weighted by Gasteiger charge is 2.31. The van der Waals surface area contributed by atoms with Crippen molar-refractivity contribution in [3.8, 4) is 17.0 Å². The van der Waals surface area contributed by atoms with Crippen LogP contribution in [-0.4, -0.2) is 73.8 Å². The molecule has 0 aliphatic carbocycles. The molecule has 13 heteroatoms. The van der Waals surface area contributed by atoms with E-state index in [0.29, 0.717) is 35.4 Å². The molecule has 37 heavy (non-hydrogen) atoms. The van der Waals surface area contributed by atoms with Gasteiger partial charge in [-0.25, -0.2) is 27.1 Å². The standard InChI is InChI=1S/C24H25F4N7O2/c1-12-29-18-5-4-14(8-19(18)34(12)11-20(27)28)21-16(26)10-35-22(21)23(37-3)31-24(32-35)30-17-6-7-33(13(2)36)9-15(17)25/h4-5,8,10,15,17,20H,6-7,9,11H2,1-3H3,(H,30,32)/t15-,17+/m1/s1. The molecule has 5 rings (SSSR count). The first-order valence-electron chi connectivity index (χ1n) is 11.7. The number of hydrogen-bond donors (Lipinski definition) is 1. The van der Waals surface area contributed by atoms with Crippen LogP contribution in [0.3, 0.4) is 0 Å². The van der Waals surface area contributed by atoms with Crippen molar-refractivity contribution in [1.82, 2.24) is 29.0 Å². The molecule has 1 amide bonds. The van der Waals surface area contributed by atoms with Crippen molar-refractivity contribution in [2.75, 3.05) is 25.5 Å². The van der Waals surface area contributed by atoms with Gasteiger partial charge in [0.15, 0.2) is 5.82 Å². The summed E-state index contributed by atoms with van der Waals surface area (Å²) in [6.07, 6.45) is -2.42. The Morgan fingerprint density at radius 1 is 1.30 bits per heavy atom. The van der Waals surface area contributed by atoms with Gasteiger partial charge in [0, 0.05) is 13.5 Å². The Bertz CT molecular complexity index is 1490. The topological polar surface area (TPSA) is 89.6 Å². The second-order valence-corrected chi connectivity index (χ2v) is 8.97. The highest BCUT2D eigenvalue weighted by Crippen LogP contribution is 2.36. The number of amides is 1. The minimum Gasteiger partial charge on any atom is -0.479 e. The number of fused-ring (bicyclic) bond motifs is 2. The van der Waals surface area contributed by atoms with Crippen molar-refractivity contribution in [3.63, 3.8) is 0 Å². The number of alkyl halides is 3. The molecule has 1 aromatic carbocycles. The van der Waals surface area contributed by atoms with Crippen molar-refractivity contribution in [3.05, 3.63) is 36.0 Å². The lowest BCUT2D eigenvalue weighted by atomic mass is 10.0. The first-order chi connectivity index (χ1) is 17.7. The molecule has 3 aromatic heterocycles. The third kappa shape index (κ3) is 4.53. The van der Waals surface area contributed by atoms with E-state index in [2.05, 4.69) is 20.4 Å². The lowest BCUT2D eigenvalue weighted by Gasteiger charge is -2.34. The molecule has 4 aromatic rings. The predicted molar refractivity (Wildman–Crippen MR) is 128 cm³/mol. The van der Waals surface area contributed by atoms with Gasteiger partial charge >= 0.3 is 0 Å². The molecule has 1 aliphatic heterocycles. The smallest absolute Gasteiger partial charge is 0.256 e. The fourth-order valence-electron chi connectivity index (χ4n) is 4.79. The number of anilines is 1. The summed E-state index contributed by atoms with van der Waals surface area (Å²) in [5.41, 5.74) is 1.72. The Hall–Kier alpha value is -3.90. The number of methoxy groups -OCH3 is 1. The number of carbonyl (C=O) groups excluding carboxylic acids is 1. The van der Waals surface area contributed by atoms with E-state index < -0.39 is 31.0 Å². The van der Waals surface area contributed by atoms with E-state index in [1.54, 1.807) is 25.1 Å². The number of ether oxygens (including phenoxy) is 1. The van der Waals surface area contributed by atoms with E-state index in [1.807, 2.05) is 0 Å². The Labute approximate surface area is 209 Å². The maximum atomic E-state index is 15.3. The van der Waals surface area contributed by atoms with Gasteiger partial charge in [0.25, 0.3) is 6.43 Å². The second kappa shape index (κ2) is 9.52. The Kier molecular flexibility index (Phi) is 6.38. The first kappa shape index (κ1) is 24.8. The molecule has 1 fully saturated rings. The molecule has 9 nitrogen and oxygen atoms in total. The number of imidazole rings is 1. The molecule has 4 heterocycles. The quantitative estimate of drug-likeness (QED) is 0.390. The Balaban J connectivity index is 1.53. The molecule has 0 spiro atoms. The van der Waals surface area contributed by atoms with E-state index in [-0.39, 0.29) is 35.4 Å². The number of halogens is 4. The van der Waals surface area contributed by atoms with Crippen LogP contribution < -0.4 is 10.1 Å². The summed E-state index contributed by atoms with van der Waals surface area (Å²) in [7, 11) is 1.37. The van der Waals surface area contributed by atoms with E-state index in [0.717, 1.165) is 6.20 Å². The van der Waals surface area contributed by atoms with Crippen molar-refractivity contribution in [2.24, 2.45) is 0 Å². The molecule has 1 N–H and O–H groups in total. The maximum absolute atomic E-state index is 15.3. The number of rotatable bonds is 6. The van der Waals surface area contributed by atoms with Gasteiger partial charge in [0.05, 0.1) is 49.0 Å². The van der Waals surface area contributed by atoms with E-state index in [1.165, 1.54) is 28.0 Å². The van der Waals surface area contributed by atoms with Crippen LogP contribution in [0, 0.1) is 12.7 Å². The van der Waals surface area contributed by atoms with Gasteiger partial charge in [0.2, 0.25) is 17.7 Å². The minimum atomic E-state index is -2.58. The molecule has 0 unspecified atom stereocenters. The summed E-state index contributed by atoms with van der Waals surface area (Å²) in [5.74, 6) is -0.312. The lowest BCUT2D eigenvalue weighted by molar-refractivity contribution is -0.131. The van der Waals surface area contributed by atoms with Gasteiger partial charge in [-0.2, -0.15) is 4.98 Å².